The van der Waals surface area contributed by atoms with E-state index in [1.165, 1.54) is 12.8 Å². The molecule has 0 atom stereocenters. The lowest BCUT2D eigenvalue weighted by Crippen LogP contribution is -2.27. The van der Waals surface area contributed by atoms with E-state index in [1.54, 1.807) is 11.8 Å². The molecule has 0 bridgehead atoms. The first kappa shape index (κ1) is 14.9. The average molecular weight is 328 g/mol. The summed E-state index contributed by atoms with van der Waals surface area (Å²) in [7, 11) is 0. The number of benzene rings is 1. The Morgan fingerprint density at radius 1 is 1.33 bits per heavy atom. The van der Waals surface area contributed by atoms with Crippen LogP contribution in [0.4, 0.5) is 0 Å². The highest BCUT2D eigenvalue weighted by molar-refractivity contribution is 7.99. The first-order valence-electron chi connectivity index (χ1n) is 7.15. The van der Waals surface area contributed by atoms with Crippen molar-refractivity contribution in [1.82, 2.24) is 5.32 Å². The molecule has 0 radical (unpaired) electrons. The van der Waals surface area contributed by atoms with Crippen LogP contribution in [0.25, 0.3) is 0 Å². The Balaban J connectivity index is 1.48. The third-order valence-corrected chi connectivity index (χ3v) is 4.73. The second kappa shape index (κ2) is 6.79. The van der Waals surface area contributed by atoms with E-state index in [2.05, 4.69) is 5.32 Å². The molecule has 3 rings (SSSR count). The van der Waals surface area contributed by atoms with Gasteiger partial charge in [-0.2, -0.15) is 0 Å². The number of carbonyl (C=O) groups excluding carboxylic acids is 1. The largest absolute Gasteiger partial charge is 0.486 e. The maximum Gasteiger partial charge on any atom is 0.230 e. The van der Waals surface area contributed by atoms with Crippen molar-refractivity contribution in [2.45, 2.75) is 18.6 Å². The molecule has 0 saturated heterocycles. The number of hydrogen-bond acceptors (Lipinski definition) is 4. The van der Waals surface area contributed by atoms with Gasteiger partial charge >= 0.3 is 0 Å². The number of rotatable bonds is 6. The molecule has 1 aromatic rings. The average Bonchev–Trinajstić information content (AvgIpc) is 3.29. The van der Waals surface area contributed by atoms with Gasteiger partial charge in [0.1, 0.15) is 13.2 Å². The molecule has 1 fully saturated rings. The number of ether oxygens (including phenoxy) is 2. The van der Waals surface area contributed by atoms with E-state index >= 15 is 0 Å². The van der Waals surface area contributed by atoms with Crippen molar-refractivity contribution in [1.29, 1.82) is 0 Å². The second-order valence-corrected chi connectivity index (χ2v) is 6.73. The Morgan fingerprint density at radius 2 is 2.14 bits per heavy atom. The molecular weight excluding hydrogens is 310 g/mol. The van der Waals surface area contributed by atoms with E-state index in [4.69, 9.17) is 21.1 Å². The lowest BCUT2D eigenvalue weighted by molar-refractivity contribution is -0.118. The number of hydrogen-bond donors (Lipinski definition) is 1. The Morgan fingerprint density at radius 3 is 2.95 bits per heavy atom. The lowest BCUT2D eigenvalue weighted by atomic mass is 10.2. The summed E-state index contributed by atoms with van der Waals surface area (Å²) in [6.45, 7) is 1.90. The molecule has 1 aromatic carbocycles. The molecule has 6 heteroatoms. The summed E-state index contributed by atoms with van der Waals surface area (Å²) in [4.78, 5) is 11.7. The number of nitrogens with one attached hydrogen (secondary N) is 1. The fraction of sp³-hybridized carbons (Fsp3) is 0.533. The molecule has 1 aliphatic carbocycles. The minimum absolute atomic E-state index is 0.107. The van der Waals surface area contributed by atoms with Crippen molar-refractivity contribution in [2.24, 2.45) is 5.92 Å². The number of halogens is 1. The van der Waals surface area contributed by atoms with Crippen LogP contribution in [0, 0.1) is 5.92 Å². The normalized spacial score (nSPS) is 16.6. The Hall–Kier alpha value is -1.07. The van der Waals surface area contributed by atoms with E-state index in [0.717, 1.165) is 23.8 Å². The van der Waals surface area contributed by atoms with Gasteiger partial charge in [-0.25, -0.2) is 0 Å². The van der Waals surface area contributed by atoms with Gasteiger partial charge in [-0.1, -0.05) is 11.6 Å². The molecule has 1 heterocycles. The van der Waals surface area contributed by atoms with Crippen LogP contribution >= 0.6 is 23.4 Å². The summed E-state index contributed by atoms with van der Waals surface area (Å²) in [5.41, 5.74) is 1.05. The van der Waals surface area contributed by atoms with Gasteiger partial charge in [-0.3, -0.25) is 4.79 Å². The van der Waals surface area contributed by atoms with Gasteiger partial charge in [0, 0.05) is 12.3 Å². The third-order valence-electron chi connectivity index (χ3n) is 3.44. The van der Waals surface area contributed by atoms with Crippen LogP contribution in [0.3, 0.4) is 0 Å². The van der Waals surface area contributed by atoms with Crippen LogP contribution in [-0.4, -0.2) is 31.4 Å². The molecule has 0 aromatic heterocycles. The fourth-order valence-electron chi connectivity index (χ4n) is 2.14. The Labute approximate surface area is 133 Å². The van der Waals surface area contributed by atoms with E-state index in [1.807, 2.05) is 12.1 Å². The first-order chi connectivity index (χ1) is 10.2. The van der Waals surface area contributed by atoms with Gasteiger partial charge in [-0.05, 0) is 36.5 Å². The summed E-state index contributed by atoms with van der Waals surface area (Å²) >= 11 is 7.77. The maximum absolute atomic E-state index is 11.7. The minimum Gasteiger partial charge on any atom is -0.486 e. The Bertz CT molecular complexity index is 534. The fourth-order valence-corrected chi connectivity index (χ4v) is 3.22. The highest BCUT2D eigenvalue weighted by atomic mass is 35.5. The number of thioether (sulfide) groups is 1. The quantitative estimate of drug-likeness (QED) is 0.872. The molecule has 114 valence electrons. The molecule has 1 saturated carbocycles. The summed E-state index contributed by atoms with van der Waals surface area (Å²) in [5, 5.41) is 3.53. The number of fused-ring (bicyclic) bond motifs is 1. The van der Waals surface area contributed by atoms with Crippen molar-refractivity contribution in [3.8, 4) is 11.5 Å². The summed E-state index contributed by atoms with van der Waals surface area (Å²) in [5.74, 6) is 3.35. The lowest BCUT2D eigenvalue weighted by Gasteiger charge is -2.20. The number of amides is 1. The maximum atomic E-state index is 11.7. The summed E-state index contributed by atoms with van der Waals surface area (Å²) in [6.07, 6.45) is 2.51. The molecular formula is C15H18ClNO3S. The van der Waals surface area contributed by atoms with Crippen molar-refractivity contribution >= 4 is 29.3 Å². The Kier molecular flexibility index (Phi) is 4.80. The predicted molar refractivity (Wildman–Crippen MR) is 84.3 cm³/mol. The molecule has 0 unspecified atom stereocenters. The van der Waals surface area contributed by atoms with Crippen molar-refractivity contribution < 1.29 is 14.3 Å². The monoisotopic (exact) mass is 327 g/mol. The smallest absolute Gasteiger partial charge is 0.230 e. The van der Waals surface area contributed by atoms with E-state index in [0.29, 0.717) is 35.5 Å². The second-order valence-electron chi connectivity index (χ2n) is 5.34. The van der Waals surface area contributed by atoms with Crippen LogP contribution in [0.1, 0.15) is 18.4 Å². The minimum atomic E-state index is 0.107. The van der Waals surface area contributed by atoms with Gasteiger partial charge in [-0.15, -0.1) is 11.8 Å². The summed E-state index contributed by atoms with van der Waals surface area (Å²) in [6, 6.07) is 3.82. The molecule has 21 heavy (non-hydrogen) atoms. The zero-order valence-electron chi connectivity index (χ0n) is 11.7. The van der Waals surface area contributed by atoms with Crippen molar-refractivity contribution in [2.75, 3.05) is 25.5 Å². The van der Waals surface area contributed by atoms with Gasteiger partial charge in [0.2, 0.25) is 5.91 Å². The van der Waals surface area contributed by atoms with Crippen molar-refractivity contribution in [3.05, 3.63) is 22.7 Å². The highest BCUT2D eigenvalue weighted by Gasteiger charge is 2.21. The molecule has 1 amide bonds. The van der Waals surface area contributed by atoms with E-state index in [-0.39, 0.29) is 5.91 Å². The van der Waals surface area contributed by atoms with Gasteiger partial charge in [0.25, 0.3) is 0 Å². The molecule has 1 N–H and O–H groups in total. The zero-order chi connectivity index (χ0) is 14.7. The van der Waals surface area contributed by atoms with Crippen LogP contribution < -0.4 is 14.8 Å². The van der Waals surface area contributed by atoms with Crippen LogP contribution in [-0.2, 0) is 10.5 Å². The summed E-state index contributed by atoms with van der Waals surface area (Å²) < 4.78 is 11.0. The van der Waals surface area contributed by atoms with Crippen LogP contribution in [0.2, 0.25) is 5.02 Å². The van der Waals surface area contributed by atoms with Gasteiger partial charge in [0.05, 0.1) is 10.8 Å². The number of carbonyl (C=O) groups is 1. The van der Waals surface area contributed by atoms with Crippen LogP contribution in [0.15, 0.2) is 12.1 Å². The SMILES string of the molecule is O=C(CSCc1cc(Cl)c2c(c1)OCCO2)NCC1CC1. The van der Waals surface area contributed by atoms with Crippen LogP contribution in [0.5, 0.6) is 11.5 Å². The van der Waals surface area contributed by atoms with Gasteiger partial charge < -0.3 is 14.8 Å². The molecule has 2 aliphatic rings. The van der Waals surface area contributed by atoms with Crippen molar-refractivity contribution in [3.63, 3.8) is 0 Å². The molecule has 0 spiro atoms. The standard InChI is InChI=1S/C15H18ClNO3S/c16-12-5-11(6-13-15(12)20-4-3-19-13)8-21-9-14(18)17-7-10-1-2-10/h5-6,10H,1-4,7-9H2,(H,17,18). The third kappa shape index (κ3) is 4.20. The zero-order valence-corrected chi connectivity index (χ0v) is 13.3. The van der Waals surface area contributed by atoms with E-state index < -0.39 is 0 Å². The van der Waals surface area contributed by atoms with Gasteiger partial charge in [0.15, 0.2) is 11.5 Å². The molecule has 4 nitrogen and oxygen atoms in total. The predicted octanol–water partition coefficient (Wildman–Crippen LogP) is 2.87. The first-order valence-corrected chi connectivity index (χ1v) is 8.68. The highest BCUT2D eigenvalue weighted by Crippen LogP contribution is 2.39. The topological polar surface area (TPSA) is 47.6 Å². The molecule has 1 aliphatic heterocycles. The van der Waals surface area contributed by atoms with E-state index in [9.17, 15) is 4.79 Å².